The number of hydrogen-bond donors (Lipinski definition) is 2. The van der Waals surface area contributed by atoms with Crippen LogP contribution in [0.3, 0.4) is 0 Å². The Hall–Kier alpha value is -1.59. The lowest BCUT2D eigenvalue weighted by Crippen LogP contribution is -2.48. The van der Waals surface area contributed by atoms with Crippen molar-refractivity contribution in [2.24, 2.45) is 11.7 Å². The average molecular weight is 345 g/mol. The van der Waals surface area contributed by atoms with Crippen molar-refractivity contribution in [1.82, 2.24) is 4.90 Å². The number of carbonyl (C=O) groups excluding carboxylic acids is 1. The van der Waals surface area contributed by atoms with Crippen molar-refractivity contribution in [3.05, 3.63) is 29.8 Å². The second kappa shape index (κ2) is 8.19. The number of anilines is 1. The Morgan fingerprint density at radius 1 is 1.12 bits per heavy atom. The maximum Gasteiger partial charge on any atom is 0.254 e. The molecule has 3 rings (SSSR count). The molecule has 0 bridgehead atoms. The zero-order valence-electron chi connectivity index (χ0n) is 15.4. The molecule has 0 radical (unpaired) electrons. The molecule has 0 spiro atoms. The Morgan fingerprint density at radius 2 is 1.72 bits per heavy atom. The summed E-state index contributed by atoms with van der Waals surface area (Å²) in [6, 6.07) is 8.26. The van der Waals surface area contributed by atoms with Crippen molar-refractivity contribution < 1.29 is 9.53 Å². The van der Waals surface area contributed by atoms with E-state index in [9.17, 15) is 4.79 Å². The summed E-state index contributed by atoms with van der Waals surface area (Å²) < 4.78 is 5.71. The van der Waals surface area contributed by atoms with Crippen LogP contribution in [0.5, 0.6) is 0 Å². The molecule has 1 saturated carbocycles. The molecule has 1 aliphatic heterocycles. The van der Waals surface area contributed by atoms with Crippen LogP contribution in [-0.4, -0.2) is 48.7 Å². The summed E-state index contributed by atoms with van der Waals surface area (Å²) in [5.41, 5.74) is 7.79. The van der Waals surface area contributed by atoms with Gasteiger partial charge in [0.1, 0.15) is 0 Å². The van der Waals surface area contributed by atoms with Crippen LogP contribution in [0.2, 0.25) is 0 Å². The van der Waals surface area contributed by atoms with E-state index in [2.05, 4.69) is 5.32 Å². The summed E-state index contributed by atoms with van der Waals surface area (Å²) in [6.45, 7) is 6.33. The fourth-order valence-electron chi connectivity index (χ4n) is 3.91. The van der Waals surface area contributed by atoms with Crippen LogP contribution < -0.4 is 11.1 Å². The molecule has 0 aromatic heterocycles. The molecule has 2 fully saturated rings. The first kappa shape index (κ1) is 18.2. The van der Waals surface area contributed by atoms with Crippen LogP contribution in [0.15, 0.2) is 24.3 Å². The summed E-state index contributed by atoms with van der Waals surface area (Å²) in [4.78, 5) is 14.6. The zero-order chi connectivity index (χ0) is 17.8. The van der Waals surface area contributed by atoms with Gasteiger partial charge in [0.2, 0.25) is 0 Å². The van der Waals surface area contributed by atoms with E-state index in [1.807, 2.05) is 43.0 Å². The van der Waals surface area contributed by atoms with Crippen molar-refractivity contribution in [2.75, 3.05) is 25.0 Å². The van der Waals surface area contributed by atoms with Crippen LogP contribution in [0, 0.1) is 5.92 Å². The molecule has 1 aliphatic carbocycles. The van der Waals surface area contributed by atoms with E-state index in [1.54, 1.807) is 0 Å². The molecule has 2 atom stereocenters. The number of nitrogens with zero attached hydrogens (tertiary/aromatic N) is 1. The van der Waals surface area contributed by atoms with Gasteiger partial charge in [0.15, 0.2) is 0 Å². The summed E-state index contributed by atoms with van der Waals surface area (Å²) in [5.74, 6) is 0.798. The molecule has 5 heteroatoms. The first-order valence-corrected chi connectivity index (χ1v) is 9.55. The van der Waals surface area contributed by atoms with Gasteiger partial charge >= 0.3 is 0 Å². The van der Waals surface area contributed by atoms with Crippen LogP contribution >= 0.6 is 0 Å². The van der Waals surface area contributed by atoms with Crippen LogP contribution in [-0.2, 0) is 4.74 Å². The lowest BCUT2D eigenvalue weighted by molar-refractivity contribution is -0.0586. The molecule has 1 unspecified atom stereocenters. The average Bonchev–Trinajstić information content (AvgIpc) is 2.60. The van der Waals surface area contributed by atoms with E-state index in [0.717, 1.165) is 30.6 Å². The van der Waals surface area contributed by atoms with Gasteiger partial charge in [0.05, 0.1) is 12.2 Å². The van der Waals surface area contributed by atoms with E-state index < -0.39 is 0 Å². The molecular formula is C20H31N3O2. The number of benzene rings is 1. The second-order valence-electron chi connectivity index (χ2n) is 7.71. The van der Waals surface area contributed by atoms with Gasteiger partial charge in [-0.2, -0.15) is 0 Å². The summed E-state index contributed by atoms with van der Waals surface area (Å²) in [7, 11) is 0. The molecule has 1 aromatic rings. The molecule has 25 heavy (non-hydrogen) atoms. The Bertz CT molecular complexity index is 557. The lowest BCUT2D eigenvalue weighted by Gasteiger charge is -2.35. The second-order valence-corrected chi connectivity index (χ2v) is 7.71. The minimum absolute atomic E-state index is 0.0924. The summed E-state index contributed by atoms with van der Waals surface area (Å²) >= 11 is 0. The van der Waals surface area contributed by atoms with Gasteiger partial charge in [0, 0.05) is 36.9 Å². The predicted octanol–water partition coefficient (Wildman–Crippen LogP) is 2.87. The van der Waals surface area contributed by atoms with Crippen LogP contribution in [0.1, 0.15) is 49.9 Å². The molecule has 5 nitrogen and oxygen atoms in total. The topological polar surface area (TPSA) is 67.6 Å². The van der Waals surface area contributed by atoms with Crippen molar-refractivity contribution in [3.63, 3.8) is 0 Å². The number of carbonyl (C=O) groups is 1. The quantitative estimate of drug-likeness (QED) is 0.880. The smallest absolute Gasteiger partial charge is 0.254 e. The summed E-state index contributed by atoms with van der Waals surface area (Å²) in [5, 5.41) is 3.50. The molecule has 3 N–H and O–H groups in total. The van der Waals surface area contributed by atoms with E-state index in [1.165, 1.54) is 12.8 Å². The third-order valence-corrected chi connectivity index (χ3v) is 5.32. The monoisotopic (exact) mass is 345 g/mol. The Morgan fingerprint density at radius 3 is 2.32 bits per heavy atom. The molecule has 1 heterocycles. The number of amides is 1. The number of nitrogens with one attached hydrogen (secondary N) is 1. The summed E-state index contributed by atoms with van der Waals surface area (Å²) in [6.07, 6.45) is 4.87. The maximum absolute atomic E-state index is 12.7. The van der Waals surface area contributed by atoms with Gasteiger partial charge in [-0.05, 0) is 69.7 Å². The lowest BCUT2D eigenvalue weighted by atomic mass is 9.86. The number of morpholine rings is 1. The Balaban J connectivity index is 1.52. The number of nitrogens with two attached hydrogens (primary N) is 1. The number of hydrogen-bond acceptors (Lipinski definition) is 4. The SMILES string of the molecule is CC1CN(C(=O)c2ccc(NCC3CCC(N)CC3)cc2)C[C@H](C)O1. The van der Waals surface area contributed by atoms with E-state index >= 15 is 0 Å². The highest BCUT2D eigenvalue weighted by atomic mass is 16.5. The molecular weight excluding hydrogens is 314 g/mol. The van der Waals surface area contributed by atoms with E-state index in [-0.39, 0.29) is 18.1 Å². The molecule has 2 aliphatic rings. The van der Waals surface area contributed by atoms with Gasteiger partial charge in [-0.3, -0.25) is 4.79 Å². The van der Waals surface area contributed by atoms with Crippen LogP contribution in [0.4, 0.5) is 5.69 Å². The fourth-order valence-corrected chi connectivity index (χ4v) is 3.91. The standard InChI is InChI=1S/C20H31N3O2/c1-14-12-23(13-15(2)25-14)20(24)17-5-9-19(10-6-17)22-11-16-3-7-18(21)8-4-16/h5-6,9-10,14-16,18,22H,3-4,7-8,11-13,21H2,1-2H3/t14-,15?,16?,18?/m0/s1. The number of rotatable bonds is 4. The highest BCUT2D eigenvalue weighted by Gasteiger charge is 2.26. The van der Waals surface area contributed by atoms with Gasteiger partial charge in [-0.1, -0.05) is 0 Å². The molecule has 1 saturated heterocycles. The minimum atomic E-state index is 0.0924. The van der Waals surface area contributed by atoms with Gasteiger partial charge in [0.25, 0.3) is 5.91 Å². The third kappa shape index (κ3) is 4.95. The van der Waals surface area contributed by atoms with Crippen molar-refractivity contribution >= 4 is 11.6 Å². The number of ether oxygens (including phenoxy) is 1. The van der Waals surface area contributed by atoms with Crippen molar-refractivity contribution in [3.8, 4) is 0 Å². The third-order valence-electron chi connectivity index (χ3n) is 5.32. The van der Waals surface area contributed by atoms with E-state index in [0.29, 0.717) is 25.0 Å². The molecule has 138 valence electrons. The molecule has 1 amide bonds. The van der Waals surface area contributed by atoms with Crippen molar-refractivity contribution in [1.29, 1.82) is 0 Å². The first-order chi connectivity index (χ1) is 12.0. The highest BCUT2D eigenvalue weighted by Crippen LogP contribution is 2.24. The van der Waals surface area contributed by atoms with Crippen molar-refractivity contribution in [2.45, 2.75) is 57.8 Å². The fraction of sp³-hybridized carbons (Fsp3) is 0.650. The zero-order valence-corrected chi connectivity index (χ0v) is 15.4. The first-order valence-electron chi connectivity index (χ1n) is 9.55. The van der Waals surface area contributed by atoms with Crippen LogP contribution in [0.25, 0.3) is 0 Å². The highest BCUT2D eigenvalue weighted by molar-refractivity contribution is 5.94. The molecule has 1 aromatic carbocycles. The Kier molecular flexibility index (Phi) is 5.97. The normalized spacial score (nSPS) is 30.1. The van der Waals surface area contributed by atoms with Gasteiger partial charge in [-0.25, -0.2) is 0 Å². The minimum Gasteiger partial charge on any atom is -0.385 e. The maximum atomic E-state index is 12.7. The van der Waals surface area contributed by atoms with Gasteiger partial charge in [-0.15, -0.1) is 0 Å². The van der Waals surface area contributed by atoms with E-state index in [4.69, 9.17) is 10.5 Å². The largest absolute Gasteiger partial charge is 0.385 e. The Labute approximate surface area is 150 Å². The van der Waals surface area contributed by atoms with Gasteiger partial charge < -0.3 is 20.7 Å². The predicted molar refractivity (Wildman–Crippen MR) is 101 cm³/mol.